The van der Waals surface area contributed by atoms with E-state index in [9.17, 15) is 19.5 Å². The van der Waals surface area contributed by atoms with Crippen LogP contribution in [0.4, 0.5) is 0 Å². The van der Waals surface area contributed by atoms with E-state index in [-0.39, 0.29) is 18.4 Å². The van der Waals surface area contributed by atoms with Crippen molar-refractivity contribution in [1.29, 1.82) is 0 Å². The van der Waals surface area contributed by atoms with Crippen molar-refractivity contribution in [2.24, 2.45) is 5.73 Å². The smallest absolute Gasteiger partial charge is 0.325 e. The zero-order valence-electron chi connectivity index (χ0n) is 13.8. The van der Waals surface area contributed by atoms with Crippen molar-refractivity contribution < 1.29 is 29.0 Å². The molecule has 8 nitrogen and oxygen atoms in total. The first kappa shape index (κ1) is 18.2. The Labute approximate surface area is 139 Å². The number of ether oxygens (including phenoxy) is 2. The molecule has 2 aliphatic rings. The summed E-state index contributed by atoms with van der Waals surface area (Å²) in [5.41, 5.74) is 4.06. The van der Waals surface area contributed by atoms with Crippen molar-refractivity contribution in [1.82, 2.24) is 5.32 Å². The molecule has 8 heteroatoms. The minimum absolute atomic E-state index is 0.00403. The van der Waals surface area contributed by atoms with E-state index in [0.29, 0.717) is 18.4 Å². The predicted octanol–water partition coefficient (Wildman–Crippen LogP) is 0.229. The van der Waals surface area contributed by atoms with Gasteiger partial charge in [-0.1, -0.05) is 6.58 Å². The molecule has 0 aromatic carbocycles. The van der Waals surface area contributed by atoms with Crippen molar-refractivity contribution in [2.75, 3.05) is 7.11 Å². The lowest BCUT2D eigenvalue weighted by atomic mass is 9.84. The van der Waals surface area contributed by atoms with Gasteiger partial charge in [0.25, 0.3) is 0 Å². The molecule has 0 aromatic heterocycles. The van der Waals surface area contributed by atoms with Gasteiger partial charge in [0.15, 0.2) is 11.5 Å². The highest BCUT2D eigenvalue weighted by atomic mass is 16.6. The summed E-state index contributed by atoms with van der Waals surface area (Å²) in [4.78, 5) is 36.4. The fourth-order valence-electron chi connectivity index (χ4n) is 2.79. The second kappa shape index (κ2) is 6.74. The van der Waals surface area contributed by atoms with Gasteiger partial charge in [-0.3, -0.25) is 14.4 Å². The number of rotatable bonds is 2. The number of ketones is 1. The molecule has 1 aliphatic heterocycles. The van der Waals surface area contributed by atoms with Gasteiger partial charge in [0.1, 0.15) is 12.1 Å². The lowest BCUT2D eigenvalue weighted by Gasteiger charge is -2.35. The summed E-state index contributed by atoms with van der Waals surface area (Å²) in [6.45, 7) is 5.08. The SMILES string of the molecule is C=C1CC[C@@H](OC)C(=O)C1=C(O)[C@@]1(C)NC(=O)CC[C@H](N)C(=O)O1. The molecule has 4 N–H and O–H groups in total. The third kappa shape index (κ3) is 3.34. The molecule has 24 heavy (non-hydrogen) atoms. The van der Waals surface area contributed by atoms with E-state index in [1.807, 2.05) is 0 Å². The minimum atomic E-state index is -1.89. The standard InChI is InChI=1S/C16H22N2O6/c1-8-4-6-10(23-3)13(20)12(8)14(21)16(2)18-11(19)7-5-9(17)15(22)24-16/h9-10,21H,1,4-7,17H2,2-3H3,(H,18,19)/t9-,10+,16-/m0/s1. The topological polar surface area (TPSA) is 128 Å². The maximum Gasteiger partial charge on any atom is 0.325 e. The Morgan fingerprint density at radius 2 is 2.04 bits per heavy atom. The zero-order chi connectivity index (χ0) is 18.1. The van der Waals surface area contributed by atoms with E-state index in [1.54, 1.807) is 0 Å². The van der Waals surface area contributed by atoms with E-state index < -0.39 is 41.3 Å². The van der Waals surface area contributed by atoms with Crippen LogP contribution >= 0.6 is 0 Å². The summed E-state index contributed by atoms with van der Waals surface area (Å²) in [5.74, 6) is -2.27. The third-order valence-corrected chi connectivity index (χ3v) is 4.24. The van der Waals surface area contributed by atoms with Gasteiger partial charge in [0.2, 0.25) is 11.6 Å². The molecule has 0 aromatic rings. The number of Topliss-reactive ketones (excluding diaryl/α,β-unsaturated/α-hetero) is 1. The average Bonchev–Trinajstić information content (AvgIpc) is 2.51. The largest absolute Gasteiger partial charge is 0.506 e. The van der Waals surface area contributed by atoms with Gasteiger partial charge in [0, 0.05) is 20.5 Å². The van der Waals surface area contributed by atoms with Crippen molar-refractivity contribution in [3.8, 4) is 0 Å². The number of cyclic esters (lactones) is 1. The minimum Gasteiger partial charge on any atom is -0.506 e. The second-order valence-electron chi connectivity index (χ2n) is 6.10. The zero-order valence-corrected chi connectivity index (χ0v) is 13.8. The number of methoxy groups -OCH3 is 1. The monoisotopic (exact) mass is 338 g/mol. The van der Waals surface area contributed by atoms with Crippen LogP contribution < -0.4 is 11.1 Å². The van der Waals surface area contributed by atoms with Crippen LogP contribution in [-0.2, 0) is 23.9 Å². The Bertz CT molecular complexity index is 626. The number of nitrogens with one attached hydrogen (secondary N) is 1. The van der Waals surface area contributed by atoms with E-state index in [0.717, 1.165) is 0 Å². The number of nitrogens with two attached hydrogens (primary N) is 1. The first-order chi connectivity index (χ1) is 11.2. The van der Waals surface area contributed by atoms with Gasteiger partial charge in [-0.2, -0.15) is 0 Å². The maximum atomic E-state index is 12.5. The highest BCUT2D eigenvalue weighted by molar-refractivity contribution is 6.04. The number of aliphatic hydroxyl groups excluding tert-OH is 1. The highest BCUT2D eigenvalue weighted by Crippen LogP contribution is 2.33. The van der Waals surface area contributed by atoms with Gasteiger partial charge in [-0.15, -0.1) is 0 Å². The summed E-state index contributed by atoms with van der Waals surface area (Å²) in [5, 5.41) is 13.1. The first-order valence-corrected chi connectivity index (χ1v) is 7.68. The second-order valence-corrected chi connectivity index (χ2v) is 6.10. The lowest BCUT2D eigenvalue weighted by Crippen LogP contribution is -2.56. The molecule has 2 rings (SSSR count). The molecule has 1 saturated carbocycles. The van der Waals surface area contributed by atoms with Gasteiger partial charge in [0.05, 0.1) is 5.57 Å². The number of aliphatic hydroxyl groups is 1. The van der Waals surface area contributed by atoms with Crippen LogP contribution in [-0.4, -0.2) is 47.7 Å². The third-order valence-electron chi connectivity index (χ3n) is 4.24. The Kier molecular flexibility index (Phi) is 5.10. The van der Waals surface area contributed by atoms with Gasteiger partial charge in [-0.25, -0.2) is 0 Å². The molecule has 132 valence electrons. The number of carbonyl (C=O) groups is 3. The maximum absolute atomic E-state index is 12.5. The van der Waals surface area contributed by atoms with Gasteiger partial charge < -0.3 is 25.6 Å². The van der Waals surface area contributed by atoms with E-state index in [2.05, 4.69) is 11.9 Å². The van der Waals surface area contributed by atoms with Gasteiger partial charge in [-0.05, 0) is 24.8 Å². The fraction of sp³-hybridized carbons (Fsp3) is 0.562. The van der Waals surface area contributed by atoms with Crippen molar-refractivity contribution in [3.05, 3.63) is 23.5 Å². The molecule has 1 aliphatic carbocycles. The summed E-state index contributed by atoms with van der Waals surface area (Å²) >= 11 is 0. The fourth-order valence-corrected chi connectivity index (χ4v) is 2.79. The number of hydrogen-bond donors (Lipinski definition) is 3. The van der Waals surface area contributed by atoms with Crippen LogP contribution in [0.25, 0.3) is 0 Å². The Morgan fingerprint density at radius 1 is 1.38 bits per heavy atom. The first-order valence-electron chi connectivity index (χ1n) is 7.68. The summed E-state index contributed by atoms with van der Waals surface area (Å²) in [6.07, 6.45) is 0.290. The lowest BCUT2D eigenvalue weighted by molar-refractivity contribution is -0.166. The van der Waals surface area contributed by atoms with Gasteiger partial charge >= 0.3 is 5.97 Å². The highest BCUT2D eigenvalue weighted by Gasteiger charge is 2.43. The van der Waals surface area contributed by atoms with Crippen LogP contribution in [0.1, 0.15) is 32.6 Å². The Balaban J connectivity index is 2.47. The molecule has 3 atom stereocenters. The number of carbonyl (C=O) groups excluding carboxylic acids is 3. The molecule has 0 radical (unpaired) electrons. The molecule has 0 spiro atoms. The molecule has 0 bridgehead atoms. The van der Waals surface area contributed by atoms with E-state index in [4.69, 9.17) is 15.2 Å². The molecule has 2 fully saturated rings. The quantitative estimate of drug-likeness (QED) is 0.373. The number of hydrogen-bond acceptors (Lipinski definition) is 7. The van der Waals surface area contributed by atoms with Crippen LogP contribution in [0.15, 0.2) is 23.5 Å². The molecular weight excluding hydrogens is 316 g/mol. The summed E-state index contributed by atoms with van der Waals surface area (Å²) < 4.78 is 10.3. The van der Waals surface area contributed by atoms with E-state index in [1.165, 1.54) is 14.0 Å². The van der Waals surface area contributed by atoms with Crippen molar-refractivity contribution in [2.45, 2.75) is 50.5 Å². The molecule has 0 unspecified atom stereocenters. The van der Waals surface area contributed by atoms with Crippen LogP contribution in [0, 0.1) is 0 Å². The Morgan fingerprint density at radius 3 is 2.67 bits per heavy atom. The average molecular weight is 338 g/mol. The Hall–Kier alpha value is -2.19. The molecule has 1 saturated heterocycles. The number of esters is 1. The van der Waals surface area contributed by atoms with Crippen LogP contribution in [0.5, 0.6) is 0 Å². The molecule has 1 amide bonds. The van der Waals surface area contributed by atoms with E-state index >= 15 is 0 Å². The molecule has 1 heterocycles. The summed E-state index contributed by atoms with van der Waals surface area (Å²) in [7, 11) is 1.39. The predicted molar refractivity (Wildman–Crippen MR) is 83.7 cm³/mol. The number of allylic oxidation sites excluding steroid dienone is 1. The molecular formula is C16H22N2O6. The summed E-state index contributed by atoms with van der Waals surface area (Å²) in [6, 6.07) is -0.981. The normalized spacial score (nSPS) is 34.1. The van der Waals surface area contributed by atoms with Crippen LogP contribution in [0.3, 0.4) is 0 Å². The van der Waals surface area contributed by atoms with Crippen LogP contribution in [0.2, 0.25) is 0 Å². The van der Waals surface area contributed by atoms with Crippen molar-refractivity contribution >= 4 is 17.7 Å². The van der Waals surface area contributed by atoms with Crippen molar-refractivity contribution in [3.63, 3.8) is 0 Å². The number of amides is 1.